The highest BCUT2D eigenvalue weighted by Gasteiger charge is 2.25. The van der Waals surface area contributed by atoms with Gasteiger partial charge in [-0.1, -0.05) is 0 Å². The summed E-state index contributed by atoms with van der Waals surface area (Å²) in [7, 11) is 5.51. The van der Waals surface area contributed by atoms with Crippen LogP contribution in [0.2, 0.25) is 0 Å². The number of nitrogens with one attached hydrogen (secondary N) is 1. The highest BCUT2D eigenvalue weighted by atomic mass is 16.5. The Morgan fingerprint density at radius 2 is 2.12 bits per heavy atom. The molecule has 1 N–H and O–H groups in total. The van der Waals surface area contributed by atoms with E-state index in [1.54, 1.807) is 19.4 Å². The van der Waals surface area contributed by atoms with Crippen molar-refractivity contribution in [2.45, 2.75) is 13.0 Å². The number of carbonyl (C=O) groups excluding carboxylic acids is 1. The maximum absolute atomic E-state index is 13.0. The summed E-state index contributed by atoms with van der Waals surface area (Å²) in [6, 6.07) is 9.65. The van der Waals surface area contributed by atoms with Crippen molar-refractivity contribution < 1.29 is 9.53 Å². The van der Waals surface area contributed by atoms with Gasteiger partial charge in [0.05, 0.1) is 7.11 Å². The van der Waals surface area contributed by atoms with Crippen LogP contribution >= 0.6 is 0 Å². The number of pyridine rings is 1. The molecule has 26 heavy (non-hydrogen) atoms. The Morgan fingerprint density at radius 1 is 1.27 bits per heavy atom. The normalized spacial score (nSPS) is 13.6. The first-order valence-corrected chi connectivity index (χ1v) is 8.67. The second-order valence-electron chi connectivity index (χ2n) is 6.77. The number of benzene rings is 1. The number of aromatic amines is 1. The number of anilines is 1. The van der Waals surface area contributed by atoms with Crippen LogP contribution in [-0.4, -0.2) is 48.5 Å². The largest absolute Gasteiger partial charge is 0.497 e. The minimum absolute atomic E-state index is 0.0402. The number of hydrogen-bond acceptors (Lipinski definition) is 4. The molecule has 1 amide bonds. The van der Waals surface area contributed by atoms with Gasteiger partial charge in [-0.05, 0) is 30.3 Å². The Morgan fingerprint density at radius 3 is 2.88 bits per heavy atom. The Labute approximate surface area is 152 Å². The van der Waals surface area contributed by atoms with Gasteiger partial charge in [-0.25, -0.2) is 4.98 Å². The second kappa shape index (κ2) is 6.37. The predicted molar refractivity (Wildman–Crippen MR) is 102 cm³/mol. The molecular formula is C20H22N4O2. The molecule has 3 heterocycles. The van der Waals surface area contributed by atoms with E-state index in [2.05, 4.69) is 9.97 Å². The number of fused-ring (bicyclic) bond motifs is 3. The van der Waals surface area contributed by atoms with Gasteiger partial charge >= 0.3 is 0 Å². The molecule has 0 saturated heterocycles. The lowest BCUT2D eigenvalue weighted by Gasteiger charge is -2.27. The fraction of sp³-hybridized carbons (Fsp3) is 0.300. The Bertz CT molecular complexity index is 977. The van der Waals surface area contributed by atoms with E-state index in [1.165, 1.54) is 11.3 Å². The highest BCUT2D eigenvalue weighted by molar-refractivity contribution is 5.95. The Kier molecular flexibility index (Phi) is 4.03. The molecule has 0 spiro atoms. The summed E-state index contributed by atoms with van der Waals surface area (Å²) in [5, 5.41) is 1.13. The van der Waals surface area contributed by atoms with Gasteiger partial charge in [-0.15, -0.1) is 0 Å². The number of amides is 1. The molecule has 1 aliphatic heterocycles. The van der Waals surface area contributed by atoms with Gasteiger partial charge in [-0.3, -0.25) is 4.79 Å². The maximum atomic E-state index is 13.0. The zero-order valence-corrected chi connectivity index (χ0v) is 15.2. The fourth-order valence-electron chi connectivity index (χ4n) is 3.47. The minimum Gasteiger partial charge on any atom is -0.497 e. The van der Waals surface area contributed by atoms with Gasteiger partial charge in [0.1, 0.15) is 11.6 Å². The summed E-state index contributed by atoms with van der Waals surface area (Å²) in [6.45, 7) is 1.30. The number of H-pyrrole nitrogens is 1. The van der Waals surface area contributed by atoms with E-state index < -0.39 is 0 Å². The van der Waals surface area contributed by atoms with Crippen LogP contribution in [0.15, 0.2) is 36.5 Å². The van der Waals surface area contributed by atoms with E-state index >= 15 is 0 Å². The van der Waals surface area contributed by atoms with Gasteiger partial charge in [0.15, 0.2) is 0 Å². The number of nitrogens with zero attached hydrogens (tertiary/aromatic N) is 3. The summed E-state index contributed by atoms with van der Waals surface area (Å²) >= 11 is 0. The van der Waals surface area contributed by atoms with Gasteiger partial charge in [-0.2, -0.15) is 0 Å². The minimum atomic E-state index is 0.0402. The Balaban J connectivity index is 1.65. The van der Waals surface area contributed by atoms with Crippen molar-refractivity contribution in [2.75, 3.05) is 32.6 Å². The number of aromatic nitrogens is 2. The smallest absolute Gasteiger partial charge is 0.254 e. The van der Waals surface area contributed by atoms with Crippen LogP contribution in [0.25, 0.3) is 10.9 Å². The molecule has 134 valence electrons. The quantitative estimate of drug-likeness (QED) is 0.789. The molecule has 1 aliphatic rings. The van der Waals surface area contributed by atoms with E-state index in [0.717, 1.165) is 28.9 Å². The summed E-state index contributed by atoms with van der Waals surface area (Å²) in [5.41, 5.74) is 4.15. The van der Waals surface area contributed by atoms with Crippen LogP contribution < -0.4 is 9.64 Å². The van der Waals surface area contributed by atoms with Crippen molar-refractivity contribution in [3.63, 3.8) is 0 Å². The Hall–Kier alpha value is -3.02. The maximum Gasteiger partial charge on any atom is 0.254 e. The van der Waals surface area contributed by atoms with Crippen LogP contribution in [0, 0.1) is 0 Å². The molecule has 0 aliphatic carbocycles. The van der Waals surface area contributed by atoms with Crippen molar-refractivity contribution >= 4 is 22.6 Å². The van der Waals surface area contributed by atoms with Crippen LogP contribution in [0.5, 0.6) is 5.75 Å². The van der Waals surface area contributed by atoms with Crippen LogP contribution in [0.4, 0.5) is 5.82 Å². The predicted octanol–water partition coefficient (Wildman–Crippen LogP) is 2.84. The third-order valence-electron chi connectivity index (χ3n) is 4.92. The summed E-state index contributed by atoms with van der Waals surface area (Å²) in [6.07, 6.45) is 2.51. The monoisotopic (exact) mass is 350 g/mol. The first-order chi connectivity index (χ1) is 12.6. The molecule has 0 radical (unpaired) electrons. The average molecular weight is 350 g/mol. The van der Waals surface area contributed by atoms with E-state index in [0.29, 0.717) is 18.7 Å². The summed E-state index contributed by atoms with van der Waals surface area (Å²) < 4.78 is 5.36. The van der Waals surface area contributed by atoms with E-state index in [4.69, 9.17) is 4.74 Å². The average Bonchev–Trinajstić information content (AvgIpc) is 3.04. The molecule has 6 heteroatoms. The third kappa shape index (κ3) is 2.77. The number of hydrogen-bond donors (Lipinski definition) is 1. The van der Waals surface area contributed by atoms with Crippen molar-refractivity contribution in [3.05, 3.63) is 53.3 Å². The topological polar surface area (TPSA) is 61.5 Å². The SMILES string of the molecule is COc1ccc2[nH]c3c(c2c1)CN(C(=O)c1ccnc(N(C)C)c1)CC3. The zero-order chi connectivity index (χ0) is 18.3. The van der Waals surface area contributed by atoms with Gasteiger partial charge < -0.3 is 19.5 Å². The van der Waals surface area contributed by atoms with Gasteiger partial charge in [0.25, 0.3) is 5.91 Å². The lowest BCUT2D eigenvalue weighted by atomic mass is 10.0. The molecule has 0 saturated carbocycles. The highest BCUT2D eigenvalue weighted by Crippen LogP contribution is 2.31. The second-order valence-corrected chi connectivity index (χ2v) is 6.77. The lowest BCUT2D eigenvalue weighted by molar-refractivity contribution is 0.0735. The standard InChI is InChI=1S/C20H22N4O2/c1-23(2)19-10-13(6-8-21-19)20(25)24-9-7-18-16(12-24)15-11-14(26-3)4-5-17(15)22-18/h4-6,8,10-11,22H,7,9,12H2,1-3H3. The number of ether oxygens (including phenoxy) is 1. The molecule has 4 rings (SSSR count). The van der Waals surface area contributed by atoms with Gasteiger partial charge in [0.2, 0.25) is 0 Å². The van der Waals surface area contributed by atoms with Crippen molar-refractivity contribution in [1.29, 1.82) is 0 Å². The molecule has 3 aromatic rings. The number of rotatable bonds is 3. The molecular weight excluding hydrogens is 328 g/mol. The zero-order valence-electron chi connectivity index (χ0n) is 15.2. The van der Waals surface area contributed by atoms with Gasteiger partial charge in [0, 0.05) is 67.5 Å². The van der Waals surface area contributed by atoms with E-state index in [9.17, 15) is 4.79 Å². The molecule has 1 aromatic carbocycles. The van der Waals surface area contributed by atoms with Crippen molar-refractivity contribution in [2.24, 2.45) is 0 Å². The number of carbonyl (C=O) groups is 1. The fourth-order valence-corrected chi connectivity index (χ4v) is 3.47. The summed E-state index contributed by atoms with van der Waals surface area (Å²) in [5.74, 6) is 1.65. The van der Waals surface area contributed by atoms with Crippen LogP contribution in [-0.2, 0) is 13.0 Å². The van der Waals surface area contributed by atoms with Crippen molar-refractivity contribution in [3.8, 4) is 5.75 Å². The molecule has 0 unspecified atom stereocenters. The molecule has 2 aromatic heterocycles. The molecule has 0 fully saturated rings. The first kappa shape index (κ1) is 16.4. The third-order valence-corrected chi connectivity index (χ3v) is 4.92. The first-order valence-electron chi connectivity index (χ1n) is 8.67. The molecule has 0 atom stereocenters. The van der Waals surface area contributed by atoms with Crippen LogP contribution in [0.3, 0.4) is 0 Å². The van der Waals surface area contributed by atoms with Crippen molar-refractivity contribution in [1.82, 2.24) is 14.9 Å². The lowest BCUT2D eigenvalue weighted by Crippen LogP contribution is -2.35. The van der Waals surface area contributed by atoms with E-state index in [-0.39, 0.29) is 5.91 Å². The summed E-state index contributed by atoms with van der Waals surface area (Å²) in [4.78, 5) is 24.6. The molecule has 0 bridgehead atoms. The van der Waals surface area contributed by atoms with E-state index in [1.807, 2.05) is 48.2 Å². The number of methoxy groups -OCH3 is 1. The van der Waals surface area contributed by atoms with Crippen LogP contribution in [0.1, 0.15) is 21.6 Å². The molecule has 6 nitrogen and oxygen atoms in total.